The highest BCUT2D eigenvalue weighted by Gasteiger charge is 2.12. The first-order valence-electron chi connectivity index (χ1n) is 5.24. The van der Waals surface area contributed by atoms with Crippen LogP contribution in [0.4, 0.5) is 0 Å². The third-order valence-electron chi connectivity index (χ3n) is 2.08. The molecule has 0 saturated heterocycles. The van der Waals surface area contributed by atoms with Crippen molar-refractivity contribution >= 4 is 14.0 Å². The van der Waals surface area contributed by atoms with Gasteiger partial charge in [0.2, 0.25) is 5.82 Å². The molecule has 0 aliphatic carbocycles. The van der Waals surface area contributed by atoms with E-state index in [1.54, 1.807) is 6.20 Å². The van der Waals surface area contributed by atoms with E-state index < -0.39 is 14.0 Å². The Morgan fingerprint density at radius 2 is 2.25 bits per heavy atom. The Morgan fingerprint density at radius 1 is 1.56 bits per heavy atom. The summed E-state index contributed by atoms with van der Waals surface area (Å²) < 4.78 is 5.45. The number of imidazole rings is 1. The lowest BCUT2D eigenvalue weighted by atomic mass is 10.5. The minimum atomic E-state index is -1.06. The third-order valence-corrected chi connectivity index (χ3v) is 3.78. The Balaban J connectivity index is 2.30. The van der Waals surface area contributed by atoms with Crippen LogP contribution >= 0.6 is 0 Å². The summed E-state index contributed by atoms with van der Waals surface area (Å²) in [6, 6.07) is 1.10. The highest BCUT2D eigenvalue weighted by atomic mass is 28.3. The Kier molecular flexibility index (Phi) is 4.25. The Morgan fingerprint density at radius 3 is 2.75 bits per heavy atom. The fraction of sp³-hybridized carbons (Fsp3) is 0.600. The molecule has 1 rings (SSSR count). The van der Waals surface area contributed by atoms with E-state index in [2.05, 4.69) is 29.6 Å². The van der Waals surface area contributed by atoms with E-state index in [0.717, 1.165) is 6.04 Å². The lowest BCUT2D eigenvalue weighted by Gasteiger charge is -2.14. The lowest BCUT2D eigenvalue weighted by molar-refractivity contribution is 0.0684. The maximum atomic E-state index is 10.5. The molecule has 0 radical (unpaired) electrons. The molecule has 0 atom stereocenters. The molecule has 1 aromatic rings. The largest absolute Gasteiger partial charge is 0.475 e. The van der Waals surface area contributed by atoms with Gasteiger partial charge in [-0.2, -0.15) is 0 Å². The van der Waals surface area contributed by atoms with Crippen molar-refractivity contribution < 1.29 is 14.6 Å². The normalized spacial score (nSPS) is 11.7. The van der Waals surface area contributed by atoms with Crippen LogP contribution in [0.2, 0.25) is 25.7 Å². The molecule has 1 heterocycles. The topological polar surface area (TPSA) is 75.2 Å². The predicted molar refractivity (Wildman–Crippen MR) is 63.4 cm³/mol. The number of ether oxygens (including phenoxy) is 1. The Hall–Kier alpha value is -1.14. The summed E-state index contributed by atoms with van der Waals surface area (Å²) in [6.07, 6.45) is 1.57. The molecular formula is C10H18N2O3Si. The number of carbonyl (C=O) groups is 1. The maximum absolute atomic E-state index is 10.5. The van der Waals surface area contributed by atoms with E-state index >= 15 is 0 Å². The average molecular weight is 242 g/mol. The summed E-state index contributed by atoms with van der Waals surface area (Å²) in [4.78, 5) is 17.0. The SMILES string of the molecule is C[Si](C)(C)CCOCc1c[nH]c(C(=O)O)n1. The summed E-state index contributed by atoms with van der Waals surface area (Å²) in [7, 11) is -1.06. The van der Waals surface area contributed by atoms with Gasteiger partial charge in [-0.3, -0.25) is 0 Å². The molecule has 6 heteroatoms. The zero-order valence-electron chi connectivity index (χ0n) is 9.91. The van der Waals surface area contributed by atoms with E-state index in [9.17, 15) is 4.79 Å². The second-order valence-corrected chi connectivity index (χ2v) is 10.5. The fourth-order valence-corrected chi connectivity index (χ4v) is 1.86. The summed E-state index contributed by atoms with van der Waals surface area (Å²) >= 11 is 0. The van der Waals surface area contributed by atoms with E-state index in [1.807, 2.05) is 0 Å². The molecule has 0 amide bonds. The van der Waals surface area contributed by atoms with Crippen LogP contribution < -0.4 is 0 Å². The Labute approximate surface area is 95.9 Å². The van der Waals surface area contributed by atoms with Gasteiger partial charge in [-0.1, -0.05) is 19.6 Å². The van der Waals surface area contributed by atoms with Gasteiger partial charge in [0, 0.05) is 20.9 Å². The van der Waals surface area contributed by atoms with Crippen molar-refractivity contribution in [2.24, 2.45) is 0 Å². The lowest BCUT2D eigenvalue weighted by Crippen LogP contribution is -2.21. The molecule has 16 heavy (non-hydrogen) atoms. The van der Waals surface area contributed by atoms with Crippen LogP contribution in [0.25, 0.3) is 0 Å². The van der Waals surface area contributed by atoms with Crippen molar-refractivity contribution in [1.29, 1.82) is 0 Å². The van der Waals surface area contributed by atoms with Crippen LogP contribution in [0.3, 0.4) is 0 Å². The van der Waals surface area contributed by atoms with Gasteiger partial charge in [0.15, 0.2) is 0 Å². The van der Waals surface area contributed by atoms with Gasteiger partial charge in [-0.05, 0) is 6.04 Å². The zero-order chi connectivity index (χ0) is 12.2. The molecule has 1 aromatic heterocycles. The number of carboxylic acids is 1. The highest BCUT2D eigenvalue weighted by Crippen LogP contribution is 2.08. The van der Waals surface area contributed by atoms with Crippen molar-refractivity contribution in [1.82, 2.24) is 9.97 Å². The van der Waals surface area contributed by atoms with E-state index in [-0.39, 0.29) is 5.82 Å². The molecule has 2 N–H and O–H groups in total. The molecule has 0 aliphatic heterocycles. The molecule has 0 fully saturated rings. The molecule has 0 aromatic carbocycles. The number of aromatic carboxylic acids is 1. The van der Waals surface area contributed by atoms with Crippen LogP contribution in [-0.4, -0.2) is 35.7 Å². The minimum Gasteiger partial charge on any atom is -0.475 e. The van der Waals surface area contributed by atoms with Gasteiger partial charge in [-0.15, -0.1) is 0 Å². The number of hydrogen-bond donors (Lipinski definition) is 2. The van der Waals surface area contributed by atoms with Crippen molar-refractivity contribution in [2.45, 2.75) is 32.3 Å². The number of aromatic amines is 1. The average Bonchev–Trinajstić information content (AvgIpc) is 2.59. The standard InChI is InChI=1S/C10H18N2O3Si/c1-16(2,3)5-4-15-7-8-6-11-9(12-8)10(13)14/h6H,4-5,7H2,1-3H3,(H,11,12)(H,13,14). The molecule has 0 saturated carbocycles. The number of hydrogen-bond acceptors (Lipinski definition) is 3. The number of H-pyrrole nitrogens is 1. The van der Waals surface area contributed by atoms with Crippen LogP contribution in [-0.2, 0) is 11.3 Å². The molecule has 5 nitrogen and oxygen atoms in total. The number of carboxylic acid groups (broad SMARTS) is 1. The van der Waals surface area contributed by atoms with E-state index in [4.69, 9.17) is 9.84 Å². The number of nitrogens with zero attached hydrogens (tertiary/aromatic N) is 1. The van der Waals surface area contributed by atoms with Gasteiger partial charge in [0.1, 0.15) is 0 Å². The molecular weight excluding hydrogens is 224 g/mol. The first-order chi connectivity index (χ1) is 7.38. The molecule has 0 bridgehead atoms. The highest BCUT2D eigenvalue weighted by molar-refractivity contribution is 6.76. The van der Waals surface area contributed by atoms with Gasteiger partial charge in [0.25, 0.3) is 0 Å². The number of rotatable bonds is 6. The van der Waals surface area contributed by atoms with Crippen LogP contribution in [0.15, 0.2) is 6.20 Å². The monoisotopic (exact) mass is 242 g/mol. The van der Waals surface area contributed by atoms with Crippen LogP contribution in [0, 0.1) is 0 Å². The third kappa shape index (κ3) is 4.58. The van der Waals surface area contributed by atoms with Gasteiger partial charge < -0.3 is 14.8 Å². The number of aromatic nitrogens is 2. The van der Waals surface area contributed by atoms with Crippen molar-refractivity contribution in [2.75, 3.05) is 6.61 Å². The Bertz CT molecular complexity index is 357. The van der Waals surface area contributed by atoms with Crippen molar-refractivity contribution in [3.63, 3.8) is 0 Å². The molecule has 0 spiro atoms. The fourth-order valence-electron chi connectivity index (χ4n) is 1.10. The van der Waals surface area contributed by atoms with Gasteiger partial charge in [0.05, 0.1) is 12.3 Å². The van der Waals surface area contributed by atoms with Crippen LogP contribution in [0.5, 0.6) is 0 Å². The summed E-state index contributed by atoms with van der Waals surface area (Å²) in [5.74, 6) is -1.09. The summed E-state index contributed by atoms with van der Waals surface area (Å²) in [6.45, 7) is 7.94. The van der Waals surface area contributed by atoms with Crippen LogP contribution in [0.1, 0.15) is 16.3 Å². The zero-order valence-corrected chi connectivity index (χ0v) is 10.9. The second kappa shape index (κ2) is 5.27. The van der Waals surface area contributed by atoms with Crippen molar-refractivity contribution in [3.8, 4) is 0 Å². The smallest absolute Gasteiger partial charge is 0.371 e. The van der Waals surface area contributed by atoms with Gasteiger partial charge >= 0.3 is 5.97 Å². The first kappa shape index (κ1) is 12.9. The minimum absolute atomic E-state index is 0.0382. The predicted octanol–water partition coefficient (Wildman–Crippen LogP) is 1.96. The quantitative estimate of drug-likeness (QED) is 0.590. The second-order valence-electron chi connectivity index (χ2n) is 4.91. The number of nitrogens with one attached hydrogen (secondary N) is 1. The van der Waals surface area contributed by atoms with E-state index in [0.29, 0.717) is 18.9 Å². The summed E-state index contributed by atoms with van der Waals surface area (Å²) in [5.41, 5.74) is 0.632. The molecule has 0 unspecified atom stereocenters. The summed E-state index contributed by atoms with van der Waals surface area (Å²) in [5, 5.41) is 8.65. The van der Waals surface area contributed by atoms with E-state index in [1.165, 1.54) is 0 Å². The molecule has 0 aliphatic rings. The molecule has 90 valence electrons. The van der Waals surface area contributed by atoms with Gasteiger partial charge in [-0.25, -0.2) is 9.78 Å². The maximum Gasteiger partial charge on any atom is 0.371 e. The van der Waals surface area contributed by atoms with Crippen molar-refractivity contribution in [3.05, 3.63) is 17.7 Å². The first-order valence-corrected chi connectivity index (χ1v) is 8.94.